The summed E-state index contributed by atoms with van der Waals surface area (Å²) in [6.45, 7) is 3.59. The first kappa shape index (κ1) is 14.4. The van der Waals surface area contributed by atoms with E-state index in [0.717, 1.165) is 0 Å². The summed E-state index contributed by atoms with van der Waals surface area (Å²) in [6.07, 6.45) is 0.375. The van der Waals surface area contributed by atoms with E-state index in [2.05, 4.69) is 10.6 Å². The fourth-order valence-electron chi connectivity index (χ4n) is 1.04. The molecule has 0 aliphatic heterocycles. The van der Waals surface area contributed by atoms with Gasteiger partial charge in [-0.3, -0.25) is 14.4 Å². The van der Waals surface area contributed by atoms with Gasteiger partial charge in [-0.05, 0) is 20.3 Å². The van der Waals surface area contributed by atoms with Crippen molar-refractivity contribution in [2.45, 2.75) is 39.2 Å². The van der Waals surface area contributed by atoms with Crippen molar-refractivity contribution in [2.75, 3.05) is 6.54 Å². The first-order chi connectivity index (χ1) is 7.41. The maximum atomic E-state index is 11.1. The van der Waals surface area contributed by atoms with Gasteiger partial charge in [-0.25, -0.2) is 0 Å². The van der Waals surface area contributed by atoms with Crippen LogP contribution in [0.3, 0.4) is 0 Å². The van der Waals surface area contributed by atoms with Gasteiger partial charge in [0.1, 0.15) is 0 Å². The molecule has 0 heterocycles. The van der Waals surface area contributed by atoms with Crippen LogP contribution in [0.15, 0.2) is 0 Å². The molecule has 0 radical (unpaired) electrons. The van der Waals surface area contributed by atoms with Crippen molar-refractivity contribution in [1.82, 2.24) is 10.6 Å². The molecule has 0 spiro atoms. The van der Waals surface area contributed by atoms with E-state index in [1.54, 1.807) is 0 Å². The molecular formula is C10H18N2O4. The lowest BCUT2D eigenvalue weighted by Gasteiger charge is -2.08. The van der Waals surface area contributed by atoms with Gasteiger partial charge in [0.2, 0.25) is 11.8 Å². The lowest BCUT2D eigenvalue weighted by Crippen LogP contribution is -2.39. The van der Waals surface area contributed by atoms with Crippen LogP contribution in [0.4, 0.5) is 0 Å². The van der Waals surface area contributed by atoms with Crippen molar-refractivity contribution < 1.29 is 19.5 Å². The highest BCUT2D eigenvalue weighted by Crippen LogP contribution is 1.94. The lowest BCUT2D eigenvalue weighted by molar-refractivity contribution is -0.137. The molecule has 0 aliphatic rings. The van der Waals surface area contributed by atoms with Gasteiger partial charge in [0.15, 0.2) is 0 Å². The van der Waals surface area contributed by atoms with Crippen LogP contribution >= 0.6 is 0 Å². The molecule has 0 rings (SSSR count). The second kappa shape index (κ2) is 7.67. The van der Waals surface area contributed by atoms with E-state index < -0.39 is 5.97 Å². The van der Waals surface area contributed by atoms with Gasteiger partial charge in [0.05, 0.1) is 6.54 Å². The summed E-state index contributed by atoms with van der Waals surface area (Å²) in [7, 11) is 0. The zero-order chi connectivity index (χ0) is 12.6. The number of hydrogen-bond donors (Lipinski definition) is 3. The average Bonchev–Trinajstić information content (AvgIpc) is 2.13. The van der Waals surface area contributed by atoms with Gasteiger partial charge < -0.3 is 15.7 Å². The second-order valence-electron chi connectivity index (χ2n) is 3.75. The van der Waals surface area contributed by atoms with E-state index in [9.17, 15) is 14.4 Å². The Bertz CT molecular complexity index is 264. The topological polar surface area (TPSA) is 95.5 Å². The van der Waals surface area contributed by atoms with Gasteiger partial charge in [0, 0.05) is 18.9 Å². The van der Waals surface area contributed by atoms with Crippen LogP contribution in [-0.2, 0) is 14.4 Å². The van der Waals surface area contributed by atoms with Crippen molar-refractivity contribution >= 4 is 17.8 Å². The number of carbonyl (C=O) groups excluding carboxylic acids is 2. The fraction of sp³-hybridized carbons (Fsp3) is 0.700. The van der Waals surface area contributed by atoms with Gasteiger partial charge >= 0.3 is 5.97 Å². The van der Waals surface area contributed by atoms with Crippen molar-refractivity contribution in [3.63, 3.8) is 0 Å². The smallest absolute Gasteiger partial charge is 0.303 e. The zero-order valence-corrected chi connectivity index (χ0v) is 9.58. The Hall–Kier alpha value is -1.59. The van der Waals surface area contributed by atoms with E-state index in [1.807, 2.05) is 13.8 Å². The van der Waals surface area contributed by atoms with Crippen LogP contribution in [0.25, 0.3) is 0 Å². The number of carboxylic acid groups (broad SMARTS) is 1. The van der Waals surface area contributed by atoms with E-state index in [-0.39, 0.29) is 43.7 Å². The van der Waals surface area contributed by atoms with E-state index in [0.29, 0.717) is 0 Å². The minimum absolute atomic E-state index is 0.0361. The highest BCUT2D eigenvalue weighted by atomic mass is 16.4. The Morgan fingerprint density at radius 2 is 1.75 bits per heavy atom. The summed E-state index contributed by atoms with van der Waals surface area (Å²) >= 11 is 0. The number of aliphatic carboxylic acids is 1. The van der Waals surface area contributed by atoms with Crippen LogP contribution in [-0.4, -0.2) is 35.5 Å². The summed E-state index contributed by atoms with van der Waals surface area (Å²) in [4.78, 5) is 32.4. The quantitative estimate of drug-likeness (QED) is 0.568. The van der Waals surface area contributed by atoms with Crippen molar-refractivity contribution in [3.8, 4) is 0 Å². The largest absolute Gasteiger partial charge is 0.481 e. The molecule has 16 heavy (non-hydrogen) atoms. The van der Waals surface area contributed by atoms with Crippen LogP contribution in [0.2, 0.25) is 0 Å². The molecule has 0 saturated carbocycles. The molecule has 0 fully saturated rings. The summed E-state index contributed by atoms with van der Waals surface area (Å²) in [5, 5.41) is 13.4. The molecule has 0 aromatic rings. The Kier molecular flexibility index (Phi) is 6.91. The van der Waals surface area contributed by atoms with Gasteiger partial charge in [0.25, 0.3) is 0 Å². The number of carbonyl (C=O) groups is 3. The number of carboxylic acids is 1. The third-order valence-corrected chi connectivity index (χ3v) is 1.69. The first-order valence-corrected chi connectivity index (χ1v) is 5.19. The summed E-state index contributed by atoms with van der Waals surface area (Å²) < 4.78 is 0. The minimum Gasteiger partial charge on any atom is -0.481 e. The van der Waals surface area contributed by atoms with Crippen molar-refractivity contribution in [3.05, 3.63) is 0 Å². The molecule has 2 amide bonds. The van der Waals surface area contributed by atoms with Crippen LogP contribution in [0.5, 0.6) is 0 Å². The van der Waals surface area contributed by atoms with E-state index >= 15 is 0 Å². The highest BCUT2D eigenvalue weighted by Gasteiger charge is 2.07. The molecule has 6 heteroatoms. The van der Waals surface area contributed by atoms with Gasteiger partial charge in [-0.2, -0.15) is 0 Å². The standard InChI is InChI=1S/C10H18N2O4/c1-7(2)12-9(14)6-11-8(13)4-3-5-10(15)16/h7H,3-6H2,1-2H3,(H,11,13)(H,12,14)(H,15,16). The fourth-order valence-corrected chi connectivity index (χ4v) is 1.04. The zero-order valence-electron chi connectivity index (χ0n) is 9.58. The molecule has 0 bridgehead atoms. The maximum absolute atomic E-state index is 11.1. The minimum atomic E-state index is -0.926. The molecular weight excluding hydrogens is 212 g/mol. The molecule has 6 nitrogen and oxygen atoms in total. The molecule has 0 aliphatic carbocycles. The third kappa shape index (κ3) is 8.98. The Morgan fingerprint density at radius 1 is 1.12 bits per heavy atom. The second-order valence-corrected chi connectivity index (χ2v) is 3.75. The van der Waals surface area contributed by atoms with Crippen LogP contribution in [0, 0.1) is 0 Å². The number of hydrogen-bond acceptors (Lipinski definition) is 3. The Balaban J connectivity index is 3.57. The molecule has 0 saturated heterocycles. The predicted octanol–water partition coefficient (Wildman–Crippen LogP) is -0.118. The number of rotatable bonds is 7. The molecule has 3 N–H and O–H groups in total. The summed E-state index contributed by atoms with van der Waals surface area (Å²) in [5.74, 6) is -1.48. The number of nitrogens with one attached hydrogen (secondary N) is 2. The predicted molar refractivity (Wildman–Crippen MR) is 57.8 cm³/mol. The summed E-state index contributed by atoms with van der Waals surface area (Å²) in [6, 6.07) is 0.0383. The molecule has 0 atom stereocenters. The Morgan fingerprint density at radius 3 is 2.25 bits per heavy atom. The normalized spacial score (nSPS) is 9.94. The van der Waals surface area contributed by atoms with E-state index in [1.165, 1.54) is 0 Å². The first-order valence-electron chi connectivity index (χ1n) is 5.19. The highest BCUT2D eigenvalue weighted by molar-refractivity contribution is 5.84. The van der Waals surface area contributed by atoms with Gasteiger partial charge in [-0.15, -0.1) is 0 Å². The molecule has 0 aromatic carbocycles. The monoisotopic (exact) mass is 230 g/mol. The summed E-state index contributed by atoms with van der Waals surface area (Å²) in [5.41, 5.74) is 0. The lowest BCUT2D eigenvalue weighted by atomic mass is 10.2. The maximum Gasteiger partial charge on any atom is 0.303 e. The Labute approximate surface area is 94.4 Å². The average molecular weight is 230 g/mol. The molecule has 0 unspecified atom stereocenters. The van der Waals surface area contributed by atoms with Crippen LogP contribution < -0.4 is 10.6 Å². The van der Waals surface area contributed by atoms with Crippen molar-refractivity contribution in [1.29, 1.82) is 0 Å². The van der Waals surface area contributed by atoms with Gasteiger partial charge in [-0.1, -0.05) is 0 Å². The van der Waals surface area contributed by atoms with E-state index in [4.69, 9.17) is 5.11 Å². The number of amides is 2. The van der Waals surface area contributed by atoms with Crippen LogP contribution in [0.1, 0.15) is 33.1 Å². The third-order valence-electron chi connectivity index (χ3n) is 1.69. The SMILES string of the molecule is CC(C)NC(=O)CNC(=O)CCCC(=O)O. The molecule has 92 valence electrons. The van der Waals surface area contributed by atoms with Crippen molar-refractivity contribution in [2.24, 2.45) is 0 Å². The molecule has 0 aromatic heterocycles.